The van der Waals surface area contributed by atoms with Crippen molar-refractivity contribution in [3.05, 3.63) is 104 Å². The summed E-state index contributed by atoms with van der Waals surface area (Å²) in [5.74, 6) is -0.758. The maximum Gasteiger partial charge on any atom is 0.269 e. The van der Waals surface area contributed by atoms with E-state index in [1.165, 1.54) is 12.1 Å². The third-order valence-electron chi connectivity index (χ3n) is 4.47. The summed E-state index contributed by atoms with van der Waals surface area (Å²) in [7, 11) is 0. The molecular weight excluding hydrogens is 450 g/mol. The standard InChI is InChI=1S/C22H18BrN3O4/c1-14(15-7-6-8-16(13-15)26(29)30)24-22(28)18-10-3-5-12-20(18)25-21(27)17-9-2-4-11-19(17)23/h2-14H,1H3,(H,24,28)(H,25,27). The van der Waals surface area contributed by atoms with Gasteiger partial charge in [-0.15, -0.1) is 0 Å². The predicted molar refractivity (Wildman–Crippen MR) is 118 cm³/mol. The Bertz CT molecular complexity index is 1120. The van der Waals surface area contributed by atoms with Gasteiger partial charge in [0.05, 0.1) is 27.8 Å². The zero-order valence-corrected chi connectivity index (χ0v) is 17.5. The fraction of sp³-hybridized carbons (Fsp3) is 0.0909. The van der Waals surface area contributed by atoms with Crippen molar-refractivity contribution in [2.75, 3.05) is 5.32 Å². The molecule has 0 aliphatic rings. The van der Waals surface area contributed by atoms with Gasteiger partial charge in [-0.05, 0) is 52.7 Å². The average Bonchev–Trinajstić information content (AvgIpc) is 2.74. The van der Waals surface area contributed by atoms with Crippen LogP contribution in [0.2, 0.25) is 0 Å². The van der Waals surface area contributed by atoms with Crippen LogP contribution in [-0.2, 0) is 0 Å². The van der Waals surface area contributed by atoms with Crippen LogP contribution >= 0.6 is 15.9 Å². The molecule has 0 aromatic heterocycles. The molecule has 2 N–H and O–H groups in total. The van der Waals surface area contributed by atoms with Crippen LogP contribution in [0.25, 0.3) is 0 Å². The number of carbonyl (C=O) groups is 2. The van der Waals surface area contributed by atoms with Crippen molar-refractivity contribution in [3.8, 4) is 0 Å². The molecule has 0 heterocycles. The smallest absolute Gasteiger partial charge is 0.269 e. The first-order chi connectivity index (χ1) is 14.4. The van der Waals surface area contributed by atoms with E-state index < -0.39 is 16.9 Å². The number of benzene rings is 3. The van der Waals surface area contributed by atoms with Crippen molar-refractivity contribution < 1.29 is 14.5 Å². The summed E-state index contributed by atoms with van der Waals surface area (Å²) in [6.45, 7) is 1.74. The van der Waals surface area contributed by atoms with Gasteiger partial charge in [-0.3, -0.25) is 19.7 Å². The molecule has 3 aromatic rings. The molecule has 0 bridgehead atoms. The minimum atomic E-state index is -0.482. The number of amides is 2. The first-order valence-electron chi connectivity index (χ1n) is 9.07. The zero-order valence-electron chi connectivity index (χ0n) is 16.0. The number of nitro benzene ring substituents is 1. The van der Waals surface area contributed by atoms with Gasteiger partial charge < -0.3 is 10.6 Å². The van der Waals surface area contributed by atoms with Crippen molar-refractivity contribution in [1.29, 1.82) is 0 Å². The van der Waals surface area contributed by atoms with Gasteiger partial charge in [0.1, 0.15) is 0 Å². The summed E-state index contributed by atoms with van der Waals surface area (Å²) < 4.78 is 0.642. The molecule has 0 radical (unpaired) electrons. The van der Waals surface area contributed by atoms with E-state index in [0.29, 0.717) is 21.3 Å². The highest BCUT2D eigenvalue weighted by Gasteiger charge is 2.18. The number of hydrogen-bond donors (Lipinski definition) is 2. The van der Waals surface area contributed by atoms with Crippen LogP contribution in [0.5, 0.6) is 0 Å². The first kappa shape index (κ1) is 21.2. The van der Waals surface area contributed by atoms with E-state index >= 15 is 0 Å². The van der Waals surface area contributed by atoms with Crippen LogP contribution in [0.15, 0.2) is 77.3 Å². The molecule has 2 amide bonds. The second-order valence-electron chi connectivity index (χ2n) is 6.53. The number of nitrogens with zero attached hydrogens (tertiary/aromatic N) is 1. The average molecular weight is 468 g/mol. The molecule has 1 unspecified atom stereocenters. The number of hydrogen-bond acceptors (Lipinski definition) is 4. The second kappa shape index (κ2) is 9.32. The Kier molecular flexibility index (Phi) is 6.58. The minimum Gasteiger partial charge on any atom is -0.345 e. The number of carbonyl (C=O) groups excluding carboxylic acids is 2. The van der Waals surface area contributed by atoms with Crippen molar-refractivity contribution in [2.24, 2.45) is 0 Å². The quantitative estimate of drug-likeness (QED) is 0.388. The number of nitro groups is 1. The van der Waals surface area contributed by atoms with E-state index in [9.17, 15) is 19.7 Å². The highest BCUT2D eigenvalue weighted by Crippen LogP contribution is 2.22. The molecule has 152 valence electrons. The summed E-state index contributed by atoms with van der Waals surface area (Å²) in [5, 5.41) is 16.6. The summed E-state index contributed by atoms with van der Waals surface area (Å²) >= 11 is 3.34. The van der Waals surface area contributed by atoms with Crippen LogP contribution in [0.1, 0.15) is 39.2 Å². The van der Waals surface area contributed by atoms with Crippen LogP contribution < -0.4 is 10.6 Å². The Morgan fingerprint density at radius 1 is 0.933 bits per heavy atom. The van der Waals surface area contributed by atoms with Crippen LogP contribution in [0, 0.1) is 10.1 Å². The molecule has 8 heteroatoms. The molecule has 3 rings (SSSR count). The SMILES string of the molecule is CC(NC(=O)c1ccccc1NC(=O)c1ccccc1Br)c1cccc([N+](=O)[O-])c1. The van der Waals surface area contributed by atoms with Gasteiger partial charge in [0.2, 0.25) is 0 Å². The molecule has 0 saturated heterocycles. The van der Waals surface area contributed by atoms with Crippen LogP contribution in [0.3, 0.4) is 0 Å². The fourth-order valence-corrected chi connectivity index (χ4v) is 3.36. The highest BCUT2D eigenvalue weighted by atomic mass is 79.9. The van der Waals surface area contributed by atoms with Gasteiger partial charge in [0, 0.05) is 16.6 Å². The maximum atomic E-state index is 12.8. The maximum absolute atomic E-state index is 12.8. The highest BCUT2D eigenvalue weighted by molar-refractivity contribution is 9.10. The normalized spacial score (nSPS) is 11.4. The third kappa shape index (κ3) is 4.90. The number of non-ortho nitro benzene ring substituents is 1. The molecule has 3 aromatic carbocycles. The number of nitrogens with one attached hydrogen (secondary N) is 2. The molecule has 1 atom stereocenters. The lowest BCUT2D eigenvalue weighted by molar-refractivity contribution is -0.384. The number of para-hydroxylation sites is 1. The van der Waals surface area contributed by atoms with Gasteiger partial charge in [-0.25, -0.2) is 0 Å². The molecular formula is C22H18BrN3O4. The molecule has 0 fully saturated rings. The summed E-state index contributed by atoms with van der Waals surface area (Å²) in [6, 6.07) is 19.3. The number of anilines is 1. The van der Waals surface area contributed by atoms with Gasteiger partial charge in [-0.1, -0.05) is 36.4 Å². The van der Waals surface area contributed by atoms with Gasteiger partial charge >= 0.3 is 0 Å². The van der Waals surface area contributed by atoms with Gasteiger partial charge in [0.25, 0.3) is 17.5 Å². The topological polar surface area (TPSA) is 101 Å². The Morgan fingerprint density at radius 3 is 2.30 bits per heavy atom. The Balaban J connectivity index is 1.79. The molecule has 7 nitrogen and oxygen atoms in total. The van der Waals surface area contributed by atoms with Crippen molar-refractivity contribution in [2.45, 2.75) is 13.0 Å². The Morgan fingerprint density at radius 2 is 1.60 bits per heavy atom. The van der Waals surface area contributed by atoms with E-state index in [2.05, 4.69) is 26.6 Å². The van der Waals surface area contributed by atoms with Gasteiger partial charge in [0.15, 0.2) is 0 Å². The Hall–Kier alpha value is -3.52. The second-order valence-corrected chi connectivity index (χ2v) is 7.38. The first-order valence-corrected chi connectivity index (χ1v) is 9.86. The molecule has 0 aliphatic carbocycles. The van der Waals surface area contributed by atoms with Crippen molar-refractivity contribution in [3.63, 3.8) is 0 Å². The van der Waals surface area contributed by atoms with E-state index in [1.54, 1.807) is 67.6 Å². The van der Waals surface area contributed by atoms with Crippen LogP contribution in [-0.4, -0.2) is 16.7 Å². The third-order valence-corrected chi connectivity index (χ3v) is 5.16. The number of rotatable bonds is 6. The number of halogens is 1. The monoisotopic (exact) mass is 467 g/mol. The van der Waals surface area contributed by atoms with E-state index in [0.717, 1.165) is 0 Å². The fourth-order valence-electron chi connectivity index (χ4n) is 2.89. The lowest BCUT2D eigenvalue weighted by Gasteiger charge is -2.16. The molecule has 0 aliphatic heterocycles. The lowest BCUT2D eigenvalue weighted by Crippen LogP contribution is -2.28. The predicted octanol–water partition coefficient (Wildman–Crippen LogP) is 5.10. The minimum absolute atomic E-state index is 0.0466. The van der Waals surface area contributed by atoms with Crippen LogP contribution in [0.4, 0.5) is 11.4 Å². The van der Waals surface area contributed by atoms with Crippen molar-refractivity contribution >= 4 is 39.1 Å². The molecule has 30 heavy (non-hydrogen) atoms. The lowest BCUT2D eigenvalue weighted by atomic mass is 10.1. The van der Waals surface area contributed by atoms with E-state index in [-0.39, 0.29) is 17.2 Å². The van der Waals surface area contributed by atoms with Gasteiger partial charge in [-0.2, -0.15) is 0 Å². The summed E-state index contributed by atoms with van der Waals surface area (Å²) in [4.78, 5) is 36.0. The molecule has 0 spiro atoms. The summed E-state index contributed by atoms with van der Waals surface area (Å²) in [5.41, 5.74) is 1.65. The Labute approximate surface area is 181 Å². The van der Waals surface area contributed by atoms with Crippen molar-refractivity contribution in [1.82, 2.24) is 5.32 Å². The zero-order chi connectivity index (χ0) is 21.7. The van der Waals surface area contributed by atoms with E-state index in [1.807, 2.05) is 0 Å². The van der Waals surface area contributed by atoms with E-state index in [4.69, 9.17) is 0 Å². The summed E-state index contributed by atoms with van der Waals surface area (Å²) in [6.07, 6.45) is 0. The molecule has 0 saturated carbocycles. The largest absolute Gasteiger partial charge is 0.345 e.